The molecule has 0 fully saturated rings. The van der Waals surface area contributed by atoms with Crippen molar-refractivity contribution in [2.45, 2.75) is 52.3 Å². The molecule has 0 aliphatic carbocycles. The third-order valence-corrected chi connectivity index (χ3v) is 4.30. The van der Waals surface area contributed by atoms with Gasteiger partial charge in [0.05, 0.1) is 6.10 Å². The molecule has 1 aliphatic rings. The quantitative estimate of drug-likeness (QED) is 0.845. The van der Waals surface area contributed by atoms with Gasteiger partial charge in [0.1, 0.15) is 0 Å². The second-order valence-electron chi connectivity index (χ2n) is 5.97. The zero-order valence-electron chi connectivity index (χ0n) is 12.9. The summed E-state index contributed by atoms with van der Waals surface area (Å²) in [7, 11) is 1.70. The first-order chi connectivity index (χ1) is 9.52. The fraction of sp³-hybridized carbons (Fsp3) is 0.588. The topological polar surface area (TPSA) is 29.5 Å². The summed E-state index contributed by atoms with van der Waals surface area (Å²) < 4.78 is 5.27. The smallest absolute Gasteiger partial charge is 0.226 e. The van der Waals surface area contributed by atoms with Gasteiger partial charge in [-0.15, -0.1) is 0 Å². The van der Waals surface area contributed by atoms with Crippen LogP contribution in [-0.4, -0.2) is 30.1 Å². The van der Waals surface area contributed by atoms with Gasteiger partial charge in [0.2, 0.25) is 5.91 Å². The highest BCUT2D eigenvalue weighted by atomic mass is 16.5. The third kappa shape index (κ3) is 3.21. The van der Waals surface area contributed by atoms with Crippen molar-refractivity contribution < 1.29 is 9.53 Å². The predicted molar refractivity (Wildman–Crippen MR) is 80.4 cm³/mol. The van der Waals surface area contributed by atoms with Crippen LogP contribution in [0.4, 0.5) is 0 Å². The molecule has 1 amide bonds. The van der Waals surface area contributed by atoms with Crippen LogP contribution in [0, 0.1) is 5.92 Å². The van der Waals surface area contributed by atoms with Crippen LogP contribution < -0.4 is 0 Å². The minimum atomic E-state index is 0.0117. The van der Waals surface area contributed by atoms with Gasteiger partial charge in [0.25, 0.3) is 0 Å². The van der Waals surface area contributed by atoms with Gasteiger partial charge >= 0.3 is 0 Å². The van der Waals surface area contributed by atoms with E-state index in [0.29, 0.717) is 0 Å². The molecule has 0 radical (unpaired) electrons. The maximum Gasteiger partial charge on any atom is 0.226 e. The van der Waals surface area contributed by atoms with Gasteiger partial charge in [-0.1, -0.05) is 31.2 Å². The number of carbonyl (C=O) groups is 1. The SMILES string of the molecule is COC(C)CC(C)C(=O)N1Cc2ccccc2C[C@H]1C. The van der Waals surface area contributed by atoms with Gasteiger partial charge in [-0.25, -0.2) is 0 Å². The number of carbonyl (C=O) groups excluding carboxylic acids is 1. The molecule has 0 aromatic heterocycles. The molecule has 0 saturated carbocycles. The van der Waals surface area contributed by atoms with Crippen molar-refractivity contribution in [3.05, 3.63) is 35.4 Å². The third-order valence-electron chi connectivity index (χ3n) is 4.30. The Kier molecular flexibility index (Phi) is 4.81. The van der Waals surface area contributed by atoms with Crippen molar-refractivity contribution in [2.75, 3.05) is 7.11 Å². The summed E-state index contributed by atoms with van der Waals surface area (Å²) in [5, 5.41) is 0. The molecule has 1 aliphatic heterocycles. The van der Waals surface area contributed by atoms with Crippen LogP contribution in [0.15, 0.2) is 24.3 Å². The zero-order chi connectivity index (χ0) is 14.7. The second kappa shape index (κ2) is 6.40. The fourth-order valence-corrected chi connectivity index (χ4v) is 2.95. The van der Waals surface area contributed by atoms with Gasteiger partial charge in [0.15, 0.2) is 0 Å². The average Bonchev–Trinajstić information content (AvgIpc) is 2.45. The minimum Gasteiger partial charge on any atom is -0.382 e. The van der Waals surface area contributed by atoms with Gasteiger partial charge in [-0.05, 0) is 37.8 Å². The molecular formula is C17H25NO2. The number of benzene rings is 1. The summed E-state index contributed by atoms with van der Waals surface area (Å²) in [5.41, 5.74) is 2.66. The highest BCUT2D eigenvalue weighted by Crippen LogP contribution is 2.25. The maximum atomic E-state index is 12.6. The zero-order valence-corrected chi connectivity index (χ0v) is 12.9. The molecule has 110 valence electrons. The lowest BCUT2D eigenvalue weighted by molar-refractivity contribution is -0.139. The Morgan fingerprint density at radius 2 is 2.00 bits per heavy atom. The number of amides is 1. The molecule has 3 heteroatoms. The van der Waals surface area contributed by atoms with E-state index >= 15 is 0 Å². The van der Waals surface area contributed by atoms with E-state index in [0.717, 1.165) is 19.4 Å². The number of hydrogen-bond acceptors (Lipinski definition) is 2. The molecule has 0 spiro atoms. The standard InChI is InChI=1S/C17H25NO2/c1-12(9-14(3)20-4)17(19)18-11-16-8-6-5-7-15(16)10-13(18)2/h5-8,12-14H,9-11H2,1-4H3/t12?,13-,14?/m1/s1. The molecule has 20 heavy (non-hydrogen) atoms. The first kappa shape index (κ1) is 15.0. The van der Waals surface area contributed by atoms with Crippen LogP contribution >= 0.6 is 0 Å². The Morgan fingerprint density at radius 1 is 1.35 bits per heavy atom. The maximum absolute atomic E-state index is 12.6. The van der Waals surface area contributed by atoms with E-state index in [4.69, 9.17) is 4.74 Å². The summed E-state index contributed by atoms with van der Waals surface area (Å²) in [6.07, 6.45) is 1.86. The van der Waals surface area contributed by atoms with Crippen molar-refractivity contribution in [3.63, 3.8) is 0 Å². The van der Waals surface area contributed by atoms with Crippen LogP contribution in [0.25, 0.3) is 0 Å². The van der Waals surface area contributed by atoms with Crippen LogP contribution in [0.2, 0.25) is 0 Å². The second-order valence-corrected chi connectivity index (χ2v) is 5.97. The summed E-state index contributed by atoms with van der Waals surface area (Å²) in [5.74, 6) is 0.258. The molecule has 1 heterocycles. The number of rotatable bonds is 4. The van der Waals surface area contributed by atoms with E-state index in [1.165, 1.54) is 11.1 Å². The molecule has 1 aromatic rings. The fourth-order valence-electron chi connectivity index (χ4n) is 2.95. The Hall–Kier alpha value is -1.35. The monoisotopic (exact) mass is 275 g/mol. The van der Waals surface area contributed by atoms with Crippen LogP contribution in [0.3, 0.4) is 0 Å². The van der Waals surface area contributed by atoms with Gasteiger partial charge in [-0.2, -0.15) is 0 Å². The summed E-state index contributed by atoms with van der Waals surface area (Å²) in [6, 6.07) is 8.70. The van der Waals surface area contributed by atoms with Crippen molar-refractivity contribution >= 4 is 5.91 Å². The molecule has 3 atom stereocenters. The Morgan fingerprint density at radius 3 is 2.65 bits per heavy atom. The Bertz CT molecular complexity index is 472. The van der Waals surface area contributed by atoms with Gasteiger partial charge < -0.3 is 9.64 Å². The molecule has 0 saturated heterocycles. The van der Waals surface area contributed by atoms with Crippen LogP contribution in [0.1, 0.15) is 38.3 Å². The molecule has 3 nitrogen and oxygen atoms in total. The summed E-state index contributed by atoms with van der Waals surface area (Å²) in [6.45, 7) is 6.89. The lowest BCUT2D eigenvalue weighted by Crippen LogP contribution is -2.45. The van der Waals surface area contributed by atoms with E-state index in [1.807, 2.05) is 24.8 Å². The first-order valence-electron chi connectivity index (χ1n) is 7.43. The molecule has 2 unspecified atom stereocenters. The number of fused-ring (bicyclic) bond motifs is 1. The van der Waals surface area contributed by atoms with Crippen LogP contribution in [0.5, 0.6) is 0 Å². The van der Waals surface area contributed by atoms with E-state index < -0.39 is 0 Å². The van der Waals surface area contributed by atoms with E-state index in [9.17, 15) is 4.79 Å². The first-order valence-corrected chi connectivity index (χ1v) is 7.43. The highest BCUT2D eigenvalue weighted by molar-refractivity contribution is 5.79. The van der Waals surface area contributed by atoms with E-state index in [-0.39, 0.29) is 24.0 Å². The van der Waals surface area contributed by atoms with Crippen LogP contribution in [-0.2, 0) is 22.5 Å². The summed E-state index contributed by atoms with van der Waals surface area (Å²) in [4.78, 5) is 14.7. The van der Waals surface area contributed by atoms with E-state index in [2.05, 4.69) is 25.1 Å². The normalized spacial score (nSPS) is 21.2. The number of nitrogens with zero attached hydrogens (tertiary/aromatic N) is 1. The highest BCUT2D eigenvalue weighted by Gasteiger charge is 2.29. The minimum absolute atomic E-state index is 0.0117. The Balaban J connectivity index is 2.07. The lowest BCUT2D eigenvalue weighted by Gasteiger charge is -2.36. The number of hydrogen-bond donors (Lipinski definition) is 0. The Labute approximate surface area is 121 Å². The van der Waals surface area contributed by atoms with Crippen molar-refractivity contribution in [1.82, 2.24) is 4.90 Å². The predicted octanol–water partition coefficient (Wildman–Crippen LogP) is 3.02. The lowest BCUT2D eigenvalue weighted by atomic mass is 9.93. The number of ether oxygens (including phenoxy) is 1. The van der Waals surface area contributed by atoms with Crippen molar-refractivity contribution in [1.29, 1.82) is 0 Å². The molecule has 0 bridgehead atoms. The van der Waals surface area contributed by atoms with Gasteiger partial charge in [-0.3, -0.25) is 4.79 Å². The average molecular weight is 275 g/mol. The molecule has 0 N–H and O–H groups in total. The van der Waals surface area contributed by atoms with Crippen molar-refractivity contribution in [3.8, 4) is 0 Å². The van der Waals surface area contributed by atoms with E-state index in [1.54, 1.807) is 7.11 Å². The molecule has 2 rings (SSSR count). The number of methoxy groups -OCH3 is 1. The molecular weight excluding hydrogens is 250 g/mol. The summed E-state index contributed by atoms with van der Waals surface area (Å²) >= 11 is 0. The van der Waals surface area contributed by atoms with Gasteiger partial charge in [0, 0.05) is 25.6 Å². The van der Waals surface area contributed by atoms with Crippen molar-refractivity contribution in [2.24, 2.45) is 5.92 Å². The largest absolute Gasteiger partial charge is 0.382 e. The molecule has 1 aromatic carbocycles.